The Morgan fingerprint density at radius 1 is 1.31 bits per heavy atom. The predicted octanol–water partition coefficient (Wildman–Crippen LogP) is 3.63. The summed E-state index contributed by atoms with van der Waals surface area (Å²) in [5, 5.41) is 13.3. The molecule has 5 nitrogen and oxygen atoms in total. The molecule has 2 aromatic rings. The molecule has 0 N–H and O–H groups in total. The van der Waals surface area contributed by atoms with E-state index >= 15 is 0 Å². The monoisotopic (exact) mass is 350 g/mol. The number of hydrogen-bond acceptors (Lipinski definition) is 3. The highest BCUT2D eigenvalue weighted by Gasteiger charge is 2.23. The van der Waals surface area contributed by atoms with Crippen LogP contribution in [0.1, 0.15) is 47.3 Å². The van der Waals surface area contributed by atoms with Crippen LogP contribution in [0.25, 0.3) is 0 Å². The number of hydrogen-bond donors (Lipinski definition) is 0. The van der Waals surface area contributed by atoms with Crippen molar-refractivity contribution < 1.29 is 4.79 Å². The first-order valence-electron chi connectivity index (χ1n) is 9.31. The molecule has 0 radical (unpaired) electrons. The Kier molecular flexibility index (Phi) is 5.41. The van der Waals surface area contributed by atoms with Gasteiger partial charge in [0.25, 0.3) is 0 Å². The van der Waals surface area contributed by atoms with Gasteiger partial charge in [-0.1, -0.05) is 17.7 Å². The van der Waals surface area contributed by atoms with Crippen LogP contribution in [0, 0.1) is 32.1 Å². The van der Waals surface area contributed by atoms with E-state index < -0.39 is 0 Å². The lowest BCUT2D eigenvalue weighted by Crippen LogP contribution is -2.35. The Bertz CT molecular complexity index is 860. The lowest BCUT2D eigenvalue weighted by molar-refractivity contribution is -0.118. The number of rotatable bonds is 5. The Morgan fingerprint density at radius 2 is 2.12 bits per heavy atom. The van der Waals surface area contributed by atoms with Gasteiger partial charge in [0, 0.05) is 24.3 Å². The summed E-state index contributed by atoms with van der Waals surface area (Å²) in [5.41, 5.74) is 6.76. The molecule has 1 aliphatic heterocycles. The summed E-state index contributed by atoms with van der Waals surface area (Å²) in [6.07, 6.45) is 3.70. The topological polar surface area (TPSA) is 61.9 Å². The van der Waals surface area contributed by atoms with Crippen molar-refractivity contribution in [2.45, 2.75) is 59.4 Å². The second-order valence-corrected chi connectivity index (χ2v) is 7.06. The van der Waals surface area contributed by atoms with Crippen molar-refractivity contribution in [3.8, 4) is 6.07 Å². The third-order valence-corrected chi connectivity index (χ3v) is 5.21. The lowest BCUT2D eigenvalue weighted by Gasteiger charge is -2.30. The van der Waals surface area contributed by atoms with E-state index in [-0.39, 0.29) is 5.91 Å². The SMILES string of the molecule is Cc1ccc2c(c1)CCCN2C(=O)CCc1c(C)nn(CCC#N)c1C. The summed E-state index contributed by atoms with van der Waals surface area (Å²) in [7, 11) is 0. The van der Waals surface area contributed by atoms with Crippen molar-refractivity contribution in [3.63, 3.8) is 0 Å². The van der Waals surface area contributed by atoms with E-state index in [1.54, 1.807) is 0 Å². The number of aryl methyl sites for hydroxylation is 4. The molecule has 0 atom stereocenters. The summed E-state index contributed by atoms with van der Waals surface area (Å²) < 4.78 is 1.89. The standard InChI is InChI=1S/C21H26N4O/c1-15-7-9-20-18(14-15)6-4-12-24(20)21(26)10-8-19-16(2)23-25(17(19)3)13-5-11-22/h7,9,14H,4-6,8,10,12-13H2,1-3H3. The average Bonchev–Trinajstić information content (AvgIpc) is 2.90. The fourth-order valence-electron chi connectivity index (χ4n) is 3.82. The van der Waals surface area contributed by atoms with Crippen LogP contribution in [0.5, 0.6) is 0 Å². The van der Waals surface area contributed by atoms with Crippen molar-refractivity contribution in [3.05, 3.63) is 46.3 Å². The zero-order valence-electron chi connectivity index (χ0n) is 15.9. The number of benzene rings is 1. The van der Waals surface area contributed by atoms with Crippen LogP contribution in [0.3, 0.4) is 0 Å². The first-order chi connectivity index (χ1) is 12.5. The van der Waals surface area contributed by atoms with Gasteiger partial charge in [-0.15, -0.1) is 0 Å². The molecule has 26 heavy (non-hydrogen) atoms. The van der Waals surface area contributed by atoms with Gasteiger partial charge in [-0.05, 0) is 57.2 Å². The first kappa shape index (κ1) is 18.2. The highest BCUT2D eigenvalue weighted by Crippen LogP contribution is 2.29. The van der Waals surface area contributed by atoms with Crippen molar-refractivity contribution in [2.75, 3.05) is 11.4 Å². The van der Waals surface area contributed by atoms with E-state index in [2.05, 4.69) is 36.3 Å². The Labute approximate surface area is 155 Å². The molecule has 1 amide bonds. The van der Waals surface area contributed by atoms with Gasteiger partial charge in [0.1, 0.15) is 0 Å². The van der Waals surface area contributed by atoms with Crippen molar-refractivity contribution in [2.24, 2.45) is 0 Å². The number of aromatic nitrogens is 2. The quantitative estimate of drug-likeness (QED) is 0.827. The largest absolute Gasteiger partial charge is 0.312 e. The Hall–Kier alpha value is -2.61. The third-order valence-electron chi connectivity index (χ3n) is 5.21. The number of nitriles is 1. The van der Waals surface area contributed by atoms with Crippen molar-refractivity contribution in [1.82, 2.24) is 9.78 Å². The van der Waals surface area contributed by atoms with E-state index in [0.717, 1.165) is 42.0 Å². The van der Waals surface area contributed by atoms with Gasteiger partial charge in [0.2, 0.25) is 5.91 Å². The third kappa shape index (κ3) is 3.65. The Balaban J connectivity index is 1.71. The van der Waals surface area contributed by atoms with Gasteiger partial charge in [-0.3, -0.25) is 9.48 Å². The predicted molar refractivity (Wildman–Crippen MR) is 102 cm³/mol. The highest BCUT2D eigenvalue weighted by molar-refractivity contribution is 5.94. The molecule has 0 saturated carbocycles. The molecule has 0 fully saturated rings. The molecular weight excluding hydrogens is 324 g/mol. The Morgan fingerprint density at radius 3 is 2.88 bits per heavy atom. The maximum Gasteiger partial charge on any atom is 0.227 e. The molecule has 136 valence electrons. The van der Waals surface area contributed by atoms with Gasteiger partial charge in [-0.2, -0.15) is 10.4 Å². The van der Waals surface area contributed by atoms with Crippen LogP contribution in [-0.2, 0) is 24.2 Å². The number of carbonyl (C=O) groups is 1. The average molecular weight is 350 g/mol. The normalized spacial score (nSPS) is 13.4. The minimum Gasteiger partial charge on any atom is -0.312 e. The summed E-state index contributed by atoms with van der Waals surface area (Å²) in [4.78, 5) is 14.8. The number of carbonyl (C=O) groups excluding carboxylic acids is 1. The molecule has 0 aliphatic carbocycles. The van der Waals surface area contributed by atoms with Crippen molar-refractivity contribution in [1.29, 1.82) is 5.26 Å². The molecule has 1 aliphatic rings. The molecule has 2 heterocycles. The van der Waals surface area contributed by atoms with Gasteiger partial charge >= 0.3 is 0 Å². The minimum atomic E-state index is 0.179. The second kappa shape index (κ2) is 7.74. The van der Waals surface area contributed by atoms with Crippen LogP contribution < -0.4 is 4.90 Å². The molecule has 0 saturated heterocycles. The van der Waals surface area contributed by atoms with E-state index in [1.807, 2.05) is 23.4 Å². The minimum absolute atomic E-state index is 0.179. The highest BCUT2D eigenvalue weighted by atomic mass is 16.2. The van der Waals surface area contributed by atoms with Gasteiger partial charge in [-0.25, -0.2) is 0 Å². The molecule has 0 bridgehead atoms. The molecular formula is C21H26N4O. The number of amides is 1. The van der Waals surface area contributed by atoms with Crippen LogP contribution in [0.15, 0.2) is 18.2 Å². The fraction of sp³-hybridized carbons (Fsp3) is 0.476. The number of anilines is 1. The summed E-state index contributed by atoms with van der Waals surface area (Å²) in [5.74, 6) is 0.179. The maximum absolute atomic E-state index is 12.9. The van der Waals surface area contributed by atoms with E-state index in [0.29, 0.717) is 25.8 Å². The molecule has 0 spiro atoms. The van der Waals surface area contributed by atoms with Gasteiger partial charge in [0.15, 0.2) is 0 Å². The van der Waals surface area contributed by atoms with Crippen LogP contribution >= 0.6 is 0 Å². The smallest absolute Gasteiger partial charge is 0.227 e. The van der Waals surface area contributed by atoms with Crippen LogP contribution in [0.4, 0.5) is 5.69 Å². The first-order valence-corrected chi connectivity index (χ1v) is 9.31. The van der Waals surface area contributed by atoms with E-state index in [1.165, 1.54) is 11.1 Å². The van der Waals surface area contributed by atoms with E-state index in [4.69, 9.17) is 5.26 Å². The number of fused-ring (bicyclic) bond motifs is 1. The molecule has 1 aromatic heterocycles. The van der Waals surface area contributed by atoms with Gasteiger partial charge in [0.05, 0.1) is 24.7 Å². The molecule has 3 rings (SSSR count). The molecule has 5 heteroatoms. The zero-order chi connectivity index (χ0) is 18.7. The summed E-state index contributed by atoms with van der Waals surface area (Å²) in [6, 6.07) is 8.52. The van der Waals surface area contributed by atoms with Crippen molar-refractivity contribution >= 4 is 11.6 Å². The molecule has 0 unspecified atom stereocenters. The summed E-state index contributed by atoms with van der Waals surface area (Å²) in [6.45, 7) is 7.51. The number of nitrogens with zero attached hydrogens (tertiary/aromatic N) is 4. The summed E-state index contributed by atoms with van der Waals surface area (Å²) >= 11 is 0. The lowest BCUT2D eigenvalue weighted by atomic mass is 9.98. The fourth-order valence-corrected chi connectivity index (χ4v) is 3.82. The van der Waals surface area contributed by atoms with Crippen LogP contribution in [0.2, 0.25) is 0 Å². The zero-order valence-corrected chi connectivity index (χ0v) is 15.9. The van der Waals surface area contributed by atoms with Crippen LogP contribution in [-0.4, -0.2) is 22.2 Å². The second-order valence-electron chi connectivity index (χ2n) is 7.06. The molecule has 1 aromatic carbocycles. The van der Waals surface area contributed by atoms with E-state index in [9.17, 15) is 4.79 Å². The maximum atomic E-state index is 12.9. The van der Waals surface area contributed by atoms with Gasteiger partial charge < -0.3 is 4.90 Å².